The van der Waals surface area contributed by atoms with Crippen molar-refractivity contribution in [2.45, 2.75) is 80.4 Å². The molecule has 6 rings (SSSR count). The monoisotopic (exact) mass is 852 g/mol. The minimum Gasteiger partial charge on any atom is -0.385 e. The predicted molar refractivity (Wildman–Crippen MR) is 198 cm³/mol. The van der Waals surface area contributed by atoms with E-state index >= 15 is 0 Å². The maximum absolute atomic E-state index is 13.8. The van der Waals surface area contributed by atoms with E-state index < -0.39 is 75.5 Å². The van der Waals surface area contributed by atoms with Gasteiger partial charge in [0.15, 0.2) is 56.4 Å². The van der Waals surface area contributed by atoms with E-state index in [1.54, 1.807) is 34.8 Å². The van der Waals surface area contributed by atoms with E-state index in [2.05, 4.69) is 6.92 Å². The Balaban J connectivity index is 0.000000289. The Morgan fingerprint density at radius 2 is 1.33 bits per heavy atom. The Labute approximate surface area is 355 Å². The molecule has 0 radical (unpaired) electrons. The van der Waals surface area contributed by atoms with Crippen LogP contribution in [0.5, 0.6) is 0 Å². The summed E-state index contributed by atoms with van der Waals surface area (Å²) < 4.78 is 117. The molecule has 2 saturated heterocycles. The van der Waals surface area contributed by atoms with Crippen molar-refractivity contribution in [1.82, 2.24) is 18.9 Å². The van der Waals surface area contributed by atoms with E-state index in [4.69, 9.17) is 29.2 Å². The van der Waals surface area contributed by atoms with Crippen molar-refractivity contribution in [3.63, 3.8) is 0 Å². The van der Waals surface area contributed by atoms with Crippen molar-refractivity contribution < 1.29 is 74.2 Å². The quantitative estimate of drug-likeness (QED) is 0.0918. The van der Waals surface area contributed by atoms with E-state index in [-0.39, 0.29) is 99.8 Å². The van der Waals surface area contributed by atoms with Gasteiger partial charge in [-0.15, -0.1) is 12.4 Å². The first-order valence-electron chi connectivity index (χ1n) is 17.5. The zero-order chi connectivity index (χ0) is 38.4. The zero-order valence-electron chi connectivity index (χ0n) is 31.1. The van der Waals surface area contributed by atoms with E-state index in [1.807, 2.05) is 0 Å². The number of amides is 1. The summed E-state index contributed by atoms with van der Waals surface area (Å²) in [6, 6.07) is -0.229. The number of methoxy groups -OCH3 is 1. The molecule has 3 aromatic rings. The number of hydrogen-bond donors (Lipinski definition) is 0. The summed E-state index contributed by atoms with van der Waals surface area (Å²) in [6.45, 7) is 3.53. The number of rotatable bonds is 10. The number of carbonyl (C=O) groups is 1. The molecule has 0 saturated carbocycles. The molecule has 2 fully saturated rings. The van der Waals surface area contributed by atoms with Gasteiger partial charge in [0, 0.05) is 87.9 Å². The van der Waals surface area contributed by atoms with Gasteiger partial charge in [0.05, 0.1) is 15.2 Å². The summed E-state index contributed by atoms with van der Waals surface area (Å²) in [5.41, 5.74) is -0.394. The summed E-state index contributed by atoms with van der Waals surface area (Å²) in [7, 11) is 5.08. The minimum atomic E-state index is -1.44. The van der Waals surface area contributed by atoms with E-state index in [1.165, 1.54) is 47.8 Å². The Morgan fingerprint density at radius 1 is 0.815 bits per heavy atom. The first-order valence-corrected chi connectivity index (χ1v) is 21.2. The fourth-order valence-corrected chi connectivity index (χ4v) is 10.0. The van der Waals surface area contributed by atoms with Gasteiger partial charge in [-0.05, 0) is 37.3 Å². The van der Waals surface area contributed by atoms with E-state index in [0.717, 1.165) is 12.3 Å². The molecule has 294 valence electrons. The summed E-state index contributed by atoms with van der Waals surface area (Å²) in [5.74, 6) is -12.9. The molecule has 0 bridgehead atoms. The molecule has 6 nitrogen and oxygen atoms in total. The normalized spacial score (nSPS) is 18.6. The van der Waals surface area contributed by atoms with Gasteiger partial charge in [-0.3, -0.25) is 9.69 Å². The third-order valence-corrected chi connectivity index (χ3v) is 13.8. The molecular weight excluding hydrogens is 810 g/mol. The van der Waals surface area contributed by atoms with Gasteiger partial charge in [-0.2, -0.15) is 10.6 Å². The van der Waals surface area contributed by atoms with Gasteiger partial charge < -0.3 is 18.8 Å². The number of aromatic nitrogens is 2. The SMILES string of the molecule is CCCC[CH2][AlH2-][CH2]CCOC.CN1C(=O)C2C[C@H](c3c(F)c(F)cc(F)c3F)CN2C1=S.Cl.Cn1cc2n(c1=S)C[C@@H](c1c(F)c(F)cc(F)c1F)C2.[Na+]. The van der Waals surface area contributed by atoms with Crippen LogP contribution in [-0.4, -0.2) is 78.5 Å². The zero-order valence-corrected chi connectivity index (χ0v) is 37.5. The maximum atomic E-state index is 13.8. The number of hydrogen-bond acceptors (Lipinski definition) is 4. The van der Waals surface area contributed by atoms with Crippen LogP contribution < -0.4 is 29.6 Å². The smallest absolute Gasteiger partial charge is 0.385 e. The predicted octanol–water partition coefficient (Wildman–Crippen LogP) is 5.25. The average Bonchev–Trinajstić information content (AvgIpc) is 3.84. The molecule has 0 spiro atoms. The number of ether oxygens (including phenoxy) is 1. The van der Waals surface area contributed by atoms with Gasteiger partial charge in [-0.25, -0.2) is 35.1 Å². The van der Waals surface area contributed by atoms with Crippen LogP contribution in [0, 0.1) is 51.3 Å². The number of unbranched alkanes of at least 4 members (excludes halogenated alkanes) is 2. The standard InChI is InChI=1S/C13H10F4N2OS.C13H10F4N2S.C5H11.C4H9O.Al.ClH.Na.2H/c1-18-12(20)8-2-5(4-19(8)13(18)21)9-10(16)6(14)3-7(15)11(9)17;1-18-5-7-2-6(4-19(7)13(18)20)10-11(16)8(14)3-9(15)12(10)17;1-3-5-4-2;1-3-4-5-2;;;;;/h3,5,8H,2,4H2,1H3;3,5-6H,2,4H2,1H3;1,3-5H2,2H3;1,3-4H2,2H3;;1H;;;/q;;;;-1;;+1;;/t5-,8?;6-;;;;;;;/m00......./s1. The number of imidazole rings is 1. The van der Waals surface area contributed by atoms with Gasteiger partial charge >= 0.3 is 29.6 Å². The average molecular weight is 853 g/mol. The molecule has 4 heterocycles. The Hall–Kier alpha value is -1.55. The largest absolute Gasteiger partial charge is 1.00 e. The maximum Gasteiger partial charge on any atom is 1.00 e. The second kappa shape index (κ2) is 21.8. The second-order valence-corrected chi connectivity index (χ2v) is 17.4. The molecule has 0 N–H and O–H groups in total. The number of nitrogens with zero attached hydrogens (tertiary/aromatic N) is 4. The number of aryl methyl sites for hydroxylation is 1. The molecule has 19 heteroatoms. The third kappa shape index (κ3) is 10.9. The molecule has 1 aromatic heterocycles. The van der Waals surface area contributed by atoms with Gasteiger partial charge in [0.1, 0.15) is 6.04 Å². The van der Waals surface area contributed by atoms with Gasteiger partial charge in [0.2, 0.25) is 0 Å². The number of fused-ring (bicyclic) bond motifs is 2. The second-order valence-electron chi connectivity index (χ2n) is 13.6. The van der Waals surface area contributed by atoms with Crippen LogP contribution in [0.15, 0.2) is 18.3 Å². The van der Waals surface area contributed by atoms with Crippen LogP contribution >= 0.6 is 36.8 Å². The number of halogens is 9. The van der Waals surface area contributed by atoms with Crippen LogP contribution in [0.1, 0.15) is 67.7 Å². The summed E-state index contributed by atoms with van der Waals surface area (Å²) in [5, 5.41) is 3.40. The summed E-state index contributed by atoms with van der Waals surface area (Å²) in [6.07, 6.45) is 7.78. The van der Waals surface area contributed by atoms with Crippen molar-refractivity contribution in [1.29, 1.82) is 0 Å². The molecule has 3 atom stereocenters. The Kier molecular flexibility index (Phi) is 19.6. The first kappa shape index (κ1) is 48.6. The van der Waals surface area contributed by atoms with Crippen LogP contribution in [-0.2, 0) is 29.5 Å². The van der Waals surface area contributed by atoms with Crippen molar-refractivity contribution >= 4 is 63.1 Å². The molecule has 54 heavy (non-hydrogen) atoms. The molecule has 3 aliphatic heterocycles. The fourth-order valence-electron chi connectivity index (χ4n) is 7.19. The van der Waals surface area contributed by atoms with E-state index in [0.29, 0.717) is 11.2 Å². The van der Waals surface area contributed by atoms with Crippen LogP contribution in [0.4, 0.5) is 35.1 Å². The topological polar surface area (TPSA) is 42.6 Å². The molecule has 2 aromatic carbocycles. The summed E-state index contributed by atoms with van der Waals surface area (Å²) in [4.78, 5) is 14.8. The van der Waals surface area contributed by atoms with Crippen molar-refractivity contribution in [3.8, 4) is 0 Å². The minimum absolute atomic E-state index is 0. The van der Waals surface area contributed by atoms with Gasteiger partial charge in [-0.1, -0.05) is 32.6 Å². The number of thiocarbonyl (C=S) groups is 1. The fraction of sp³-hybridized carbons (Fsp3) is 0.514. The van der Waals surface area contributed by atoms with Crippen LogP contribution in [0.2, 0.25) is 10.6 Å². The Morgan fingerprint density at radius 3 is 1.81 bits per heavy atom. The van der Waals surface area contributed by atoms with Crippen molar-refractivity contribution in [2.75, 3.05) is 27.3 Å². The number of carbonyl (C=O) groups excluding carboxylic acids is 1. The number of benzene rings is 2. The van der Waals surface area contributed by atoms with Crippen molar-refractivity contribution in [2.24, 2.45) is 7.05 Å². The number of likely N-dealkylation sites (N-methyl/N-ethyl adjacent to an activating group) is 1. The van der Waals surface area contributed by atoms with Crippen LogP contribution in [0.3, 0.4) is 0 Å². The van der Waals surface area contributed by atoms with Gasteiger partial charge in [0.25, 0.3) is 5.91 Å². The first-order chi connectivity index (χ1) is 24.6. The molecule has 1 unspecified atom stereocenters. The molecule has 0 aliphatic carbocycles. The molecular formula is C35H43AlClF8N4NaO2S2. The molecule has 1 amide bonds. The third-order valence-electron chi connectivity index (χ3n) is 10.0. The Bertz CT molecular complexity index is 1770. The van der Waals surface area contributed by atoms with Crippen LogP contribution in [0.25, 0.3) is 0 Å². The van der Waals surface area contributed by atoms with Crippen molar-refractivity contribution in [3.05, 3.63) is 86.5 Å². The van der Waals surface area contributed by atoms with E-state index in [9.17, 15) is 39.9 Å². The summed E-state index contributed by atoms with van der Waals surface area (Å²) >= 11 is 10.1. The molecule has 3 aliphatic rings.